The SMILES string of the molecule is CCc1ccc(CS(=O)(=O)O/N=C(\Sc2ccc(C)cc2)C(=O)OC)cc1. The normalized spacial score (nSPS) is 11.9. The average molecular weight is 408 g/mol. The standard InChI is InChI=1S/C19H21NO5S2/c1-4-15-7-9-16(10-8-15)13-27(22,23)25-20-18(19(21)24-3)26-17-11-5-14(2)6-12-17/h5-12H,4,13H2,1-3H3/b20-18-. The highest BCUT2D eigenvalue weighted by Gasteiger charge is 2.19. The maximum Gasteiger partial charge on any atom is 0.367 e. The Hall–Kier alpha value is -2.32. The van der Waals surface area contributed by atoms with Crippen molar-refractivity contribution < 1.29 is 22.2 Å². The van der Waals surface area contributed by atoms with Gasteiger partial charge < -0.3 is 4.74 Å². The first kappa shape index (κ1) is 21.0. The number of thioether (sulfide) groups is 1. The Morgan fingerprint density at radius 2 is 1.63 bits per heavy atom. The summed E-state index contributed by atoms with van der Waals surface area (Å²) in [6.45, 7) is 3.95. The second kappa shape index (κ2) is 9.57. The van der Waals surface area contributed by atoms with Gasteiger partial charge in [-0.05, 0) is 36.6 Å². The number of esters is 1. The van der Waals surface area contributed by atoms with Crippen molar-refractivity contribution in [1.29, 1.82) is 0 Å². The van der Waals surface area contributed by atoms with E-state index in [1.807, 2.05) is 38.1 Å². The number of carbonyl (C=O) groups is 1. The van der Waals surface area contributed by atoms with E-state index in [1.54, 1.807) is 24.3 Å². The molecule has 0 aliphatic heterocycles. The van der Waals surface area contributed by atoms with Crippen LogP contribution in [0.2, 0.25) is 0 Å². The van der Waals surface area contributed by atoms with E-state index in [2.05, 4.69) is 9.89 Å². The molecule has 6 nitrogen and oxygen atoms in total. The van der Waals surface area contributed by atoms with Crippen LogP contribution >= 0.6 is 11.8 Å². The largest absolute Gasteiger partial charge is 0.464 e. The van der Waals surface area contributed by atoms with Crippen molar-refractivity contribution >= 4 is 32.9 Å². The minimum Gasteiger partial charge on any atom is -0.464 e. The maximum absolute atomic E-state index is 12.2. The summed E-state index contributed by atoms with van der Waals surface area (Å²) in [6.07, 6.45) is 0.868. The van der Waals surface area contributed by atoms with E-state index < -0.39 is 16.1 Å². The number of hydrogen-bond acceptors (Lipinski definition) is 7. The highest BCUT2D eigenvalue weighted by atomic mass is 32.2. The lowest BCUT2D eigenvalue weighted by Gasteiger charge is -2.06. The second-order valence-electron chi connectivity index (χ2n) is 5.75. The lowest BCUT2D eigenvalue weighted by atomic mass is 10.1. The van der Waals surface area contributed by atoms with Gasteiger partial charge in [0.2, 0.25) is 5.04 Å². The van der Waals surface area contributed by atoms with E-state index in [-0.39, 0.29) is 10.8 Å². The fourth-order valence-corrected chi connectivity index (χ4v) is 3.72. The first-order valence-corrected chi connectivity index (χ1v) is 10.6. The molecule has 2 aromatic rings. The molecule has 0 amide bonds. The molecule has 0 heterocycles. The number of methoxy groups -OCH3 is 1. The molecule has 0 spiro atoms. The van der Waals surface area contributed by atoms with Gasteiger partial charge in [-0.2, -0.15) is 8.42 Å². The van der Waals surface area contributed by atoms with Gasteiger partial charge in [-0.1, -0.05) is 65.8 Å². The topological polar surface area (TPSA) is 82.0 Å². The first-order chi connectivity index (χ1) is 12.8. The predicted octanol–water partition coefficient (Wildman–Crippen LogP) is 3.68. The lowest BCUT2D eigenvalue weighted by molar-refractivity contribution is -0.132. The Labute approximate surface area is 163 Å². The summed E-state index contributed by atoms with van der Waals surface area (Å²) in [5.74, 6) is -1.12. The van der Waals surface area contributed by atoms with Crippen LogP contribution < -0.4 is 0 Å². The quantitative estimate of drug-likeness (QED) is 0.239. The Bertz CT molecular complexity index is 904. The van der Waals surface area contributed by atoms with Gasteiger partial charge in [0.15, 0.2) is 0 Å². The number of aryl methyl sites for hydroxylation is 2. The molecular weight excluding hydrogens is 386 g/mol. The van der Waals surface area contributed by atoms with Gasteiger partial charge in [0.25, 0.3) is 0 Å². The summed E-state index contributed by atoms with van der Waals surface area (Å²) in [7, 11) is -2.81. The minimum absolute atomic E-state index is 0.203. The van der Waals surface area contributed by atoms with Gasteiger partial charge >= 0.3 is 16.1 Å². The average Bonchev–Trinajstić information content (AvgIpc) is 2.66. The van der Waals surface area contributed by atoms with Crippen LogP contribution in [0, 0.1) is 6.92 Å². The molecule has 144 valence electrons. The van der Waals surface area contributed by atoms with Gasteiger partial charge in [-0.3, -0.25) is 4.28 Å². The third kappa shape index (κ3) is 6.73. The van der Waals surface area contributed by atoms with Crippen LogP contribution in [0.25, 0.3) is 0 Å². The van der Waals surface area contributed by atoms with Crippen LogP contribution in [-0.4, -0.2) is 26.5 Å². The molecule has 0 bridgehead atoms. The number of rotatable bonds is 6. The smallest absolute Gasteiger partial charge is 0.367 e. The fraction of sp³-hybridized carbons (Fsp3) is 0.263. The number of oxime groups is 1. The number of nitrogens with zero attached hydrogens (tertiary/aromatic N) is 1. The molecule has 0 unspecified atom stereocenters. The van der Waals surface area contributed by atoms with Crippen molar-refractivity contribution in [3.8, 4) is 0 Å². The molecule has 0 atom stereocenters. The van der Waals surface area contributed by atoms with Crippen LogP contribution in [0.5, 0.6) is 0 Å². The predicted molar refractivity (Wildman–Crippen MR) is 106 cm³/mol. The van der Waals surface area contributed by atoms with Gasteiger partial charge in [-0.15, -0.1) is 0 Å². The molecule has 0 fully saturated rings. The van der Waals surface area contributed by atoms with E-state index in [1.165, 1.54) is 7.11 Å². The molecule has 0 aromatic heterocycles. The van der Waals surface area contributed by atoms with Gasteiger partial charge in [0.05, 0.1) is 7.11 Å². The molecule has 0 aliphatic rings. The van der Waals surface area contributed by atoms with Crippen molar-refractivity contribution in [1.82, 2.24) is 0 Å². The zero-order valence-electron chi connectivity index (χ0n) is 15.3. The highest BCUT2D eigenvalue weighted by Crippen LogP contribution is 2.21. The van der Waals surface area contributed by atoms with E-state index in [4.69, 9.17) is 4.28 Å². The zero-order chi connectivity index (χ0) is 19.9. The summed E-state index contributed by atoms with van der Waals surface area (Å²) in [6, 6.07) is 14.5. The molecule has 0 saturated heterocycles. The molecular formula is C19H21NO5S2. The summed E-state index contributed by atoms with van der Waals surface area (Å²) >= 11 is 0.968. The molecule has 0 N–H and O–H groups in total. The number of ether oxygens (including phenoxy) is 1. The van der Waals surface area contributed by atoms with Crippen LogP contribution in [-0.2, 0) is 36.1 Å². The molecule has 0 radical (unpaired) electrons. The van der Waals surface area contributed by atoms with E-state index in [0.717, 1.165) is 29.3 Å². The molecule has 0 aliphatic carbocycles. The molecule has 0 saturated carbocycles. The number of carbonyl (C=O) groups excluding carboxylic acids is 1. The fourth-order valence-electron chi connectivity index (χ4n) is 2.10. The summed E-state index contributed by atoms with van der Waals surface area (Å²) in [5.41, 5.74) is 2.74. The van der Waals surface area contributed by atoms with Crippen molar-refractivity contribution in [3.05, 3.63) is 65.2 Å². The second-order valence-corrected chi connectivity index (χ2v) is 8.37. The Balaban J connectivity index is 2.12. The summed E-state index contributed by atoms with van der Waals surface area (Å²) in [4.78, 5) is 12.6. The zero-order valence-corrected chi connectivity index (χ0v) is 17.0. The van der Waals surface area contributed by atoms with Crippen LogP contribution in [0.1, 0.15) is 23.6 Å². The van der Waals surface area contributed by atoms with Crippen LogP contribution in [0.4, 0.5) is 0 Å². The lowest BCUT2D eigenvalue weighted by Crippen LogP contribution is -2.14. The van der Waals surface area contributed by atoms with Crippen molar-refractivity contribution in [2.45, 2.75) is 30.9 Å². The number of benzene rings is 2. The molecule has 27 heavy (non-hydrogen) atoms. The van der Waals surface area contributed by atoms with Gasteiger partial charge in [-0.25, -0.2) is 4.79 Å². The van der Waals surface area contributed by atoms with Gasteiger partial charge in [0, 0.05) is 4.90 Å². The third-order valence-corrected chi connectivity index (χ3v) is 5.53. The Kier molecular flexibility index (Phi) is 7.44. The van der Waals surface area contributed by atoms with Crippen molar-refractivity contribution in [2.75, 3.05) is 7.11 Å². The Morgan fingerprint density at radius 1 is 1.04 bits per heavy atom. The molecule has 2 aromatic carbocycles. The van der Waals surface area contributed by atoms with Crippen molar-refractivity contribution in [2.24, 2.45) is 5.16 Å². The first-order valence-electron chi connectivity index (χ1n) is 8.23. The van der Waals surface area contributed by atoms with Crippen LogP contribution in [0.3, 0.4) is 0 Å². The van der Waals surface area contributed by atoms with E-state index in [0.29, 0.717) is 10.5 Å². The van der Waals surface area contributed by atoms with E-state index >= 15 is 0 Å². The Morgan fingerprint density at radius 3 is 2.19 bits per heavy atom. The number of hydrogen-bond donors (Lipinski definition) is 0. The molecule has 8 heteroatoms. The van der Waals surface area contributed by atoms with E-state index in [9.17, 15) is 13.2 Å². The highest BCUT2D eigenvalue weighted by molar-refractivity contribution is 8.15. The summed E-state index contributed by atoms with van der Waals surface area (Å²) < 4.78 is 33.7. The van der Waals surface area contributed by atoms with Crippen molar-refractivity contribution in [3.63, 3.8) is 0 Å². The van der Waals surface area contributed by atoms with Crippen LogP contribution in [0.15, 0.2) is 58.6 Å². The maximum atomic E-state index is 12.2. The minimum atomic E-state index is -4.00. The summed E-state index contributed by atoms with van der Waals surface area (Å²) in [5, 5.41) is 3.33. The monoisotopic (exact) mass is 407 g/mol. The third-order valence-electron chi connectivity index (χ3n) is 3.60. The van der Waals surface area contributed by atoms with Gasteiger partial charge in [0.1, 0.15) is 5.75 Å². The molecule has 2 rings (SSSR count).